The summed E-state index contributed by atoms with van der Waals surface area (Å²) in [6.45, 7) is 0.740. The van der Waals surface area contributed by atoms with Crippen molar-refractivity contribution in [3.05, 3.63) is 18.4 Å². The Morgan fingerprint density at radius 2 is 2.06 bits per heavy atom. The summed E-state index contributed by atoms with van der Waals surface area (Å²) in [4.78, 5) is 17.1. The number of likely N-dealkylation sites (tertiary alicyclic amines) is 1. The molecule has 1 saturated carbocycles. The van der Waals surface area contributed by atoms with E-state index in [2.05, 4.69) is 4.98 Å². The van der Waals surface area contributed by atoms with Crippen molar-refractivity contribution in [2.45, 2.75) is 25.2 Å². The molecule has 1 spiro atoms. The van der Waals surface area contributed by atoms with Gasteiger partial charge in [0.2, 0.25) is 5.76 Å². The summed E-state index contributed by atoms with van der Waals surface area (Å²) in [5, 5.41) is 0. The summed E-state index contributed by atoms with van der Waals surface area (Å²) in [5.74, 6) is -2.61. The van der Waals surface area contributed by atoms with Crippen molar-refractivity contribution >= 4 is 5.91 Å². The van der Waals surface area contributed by atoms with Gasteiger partial charge < -0.3 is 9.32 Å². The molecule has 1 aromatic rings. The second-order valence-corrected chi connectivity index (χ2v) is 4.82. The molecule has 0 radical (unpaired) electrons. The Morgan fingerprint density at radius 3 is 2.53 bits per heavy atom. The summed E-state index contributed by atoms with van der Waals surface area (Å²) in [5.41, 5.74) is -0.828. The number of aromatic nitrogens is 1. The maximum atomic E-state index is 13.1. The normalized spacial score (nSPS) is 24.9. The van der Waals surface area contributed by atoms with E-state index >= 15 is 0 Å². The van der Waals surface area contributed by atoms with Crippen molar-refractivity contribution in [2.75, 3.05) is 13.1 Å². The van der Waals surface area contributed by atoms with Gasteiger partial charge in [0.25, 0.3) is 11.8 Å². The first-order chi connectivity index (χ1) is 8.04. The molecule has 1 amide bonds. The lowest BCUT2D eigenvalue weighted by Gasteiger charge is -2.31. The number of alkyl halides is 2. The summed E-state index contributed by atoms with van der Waals surface area (Å²) >= 11 is 0. The molecule has 0 unspecified atom stereocenters. The highest BCUT2D eigenvalue weighted by Gasteiger charge is 2.70. The third-order valence-electron chi connectivity index (χ3n) is 3.86. The number of hydrogen-bond acceptors (Lipinski definition) is 3. The first-order valence-electron chi connectivity index (χ1n) is 5.60. The Balaban J connectivity index is 1.65. The Kier molecular flexibility index (Phi) is 2.06. The number of carbonyl (C=O) groups excluding carboxylic acids is 1. The molecule has 0 bridgehead atoms. The first-order valence-corrected chi connectivity index (χ1v) is 5.60. The van der Waals surface area contributed by atoms with Crippen LogP contribution in [0.3, 0.4) is 0 Å². The molecule has 1 aromatic heterocycles. The predicted octanol–water partition coefficient (Wildman–Crippen LogP) is 1.94. The van der Waals surface area contributed by atoms with Gasteiger partial charge in [0, 0.05) is 24.9 Å². The number of nitrogens with zero attached hydrogens (tertiary/aromatic N) is 2. The first kappa shape index (κ1) is 10.7. The molecular weight excluding hydrogens is 230 g/mol. The molecule has 2 heterocycles. The van der Waals surface area contributed by atoms with E-state index in [1.165, 1.54) is 12.6 Å². The van der Waals surface area contributed by atoms with Gasteiger partial charge in [0.05, 0.1) is 6.20 Å². The summed E-state index contributed by atoms with van der Waals surface area (Å²) in [7, 11) is 0. The van der Waals surface area contributed by atoms with Gasteiger partial charge in [-0.25, -0.2) is 13.8 Å². The number of carbonyl (C=O) groups is 1. The number of rotatable bonds is 1. The van der Waals surface area contributed by atoms with Gasteiger partial charge in [-0.15, -0.1) is 0 Å². The highest BCUT2D eigenvalue weighted by atomic mass is 19.3. The van der Waals surface area contributed by atoms with Gasteiger partial charge >= 0.3 is 0 Å². The predicted molar refractivity (Wildman–Crippen MR) is 53.6 cm³/mol. The molecule has 2 fully saturated rings. The lowest BCUT2D eigenvalue weighted by Crippen LogP contribution is -2.40. The number of hydrogen-bond donors (Lipinski definition) is 0. The fourth-order valence-electron chi connectivity index (χ4n) is 2.54. The molecule has 0 N–H and O–H groups in total. The van der Waals surface area contributed by atoms with Gasteiger partial charge in [-0.3, -0.25) is 4.79 Å². The molecule has 2 aliphatic rings. The van der Waals surface area contributed by atoms with Gasteiger partial charge in [-0.2, -0.15) is 0 Å². The van der Waals surface area contributed by atoms with E-state index in [0.29, 0.717) is 25.9 Å². The molecule has 0 atom stereocenters. The van der Waals surface area contributed by atoms with Crippen LogP contribution in [0.5, 0.6) is 0 Å². The minimum absolute atomic E-state index is 0.0235. The Labute approximate surface area is 96.6 Å². The van der Waals surface area contributed by atoms with E-state index in [9.17, 15) is 13.6 Å². The minimum Gasteiger partial charge on any atom is -0.438 e. The van der Waals surface area contributed by atoms with Crippen LogP contribution in [-0.2, 0) is 0 Å². The summed E-state index contributed by atoms with van der Waals surface area (Å²) < 4.78 is 31.2. The quantitative estimate of drug-likeness (QED) is 0.756. The van der Waals surface area contributed by atoms with Crippen LogP contribution in [0.1, 0.15) is 29.8 Å². The molecule has 1 aliphatic heterocycles. The summed E-state index contributed by atoms with van der Waals surface area (Å²) in [6, 6.07) is 0. The molecule has 1 saturated heterocycles. The van der Waals surface area contributed by atoms with Crippen LogP contribution >= 0.6 is 0 Å². The zero-order chi connectivity index (χ0) is 12.1. The Bertz CT molecular complexity index is 436. The molecule has 1 aliphatic carbocycles. The fraction of sp³-hybridized carbons (Fsp3) is 0.636. The molecule has 92 valence electrons. The van der Waals surface area contributed by atoms with Gasteiger partial charge in [0.15, 0.2) is 6.39 Å². The van der Waals surface area contributed by atoms with Crippen molar-refractivity contribution in [1.82, 2.24) is 9.88 Å². The number of oxazole rings is 1. The van der Waals surface area contributed by atoms with Crippen LogP contribution in [0.2, 0.25) is 0 Å². The van der Waals surface area contributed by atoms with Crippen molar-refractivity contribution in [1.29, 1.82) is 0 Å². The van der Waals surface area contributed by atoms with Crippen LogP contribution in [-0.4, -0.2) is 34.8 Å². The lowest BCUT2D eigenvalue weighted by atomic mass is 9.93. The van der Waals surface area contributed by atoms with E-state index < -0.39 is 11.3 Å². The Morgan fingerprint density at radius 1 is 1.41 bits per heavy atom. The van der Waals surface area contributed by atoms with Crippen LogP contribution in [0.15, 0.2) is 17.0 Å². The average molecular weight is 242 g/mol. The topological polar surface area (TPSA) is 46.3 Å². The highest BCUT2D eigenvalue weighted by molar-refractivity contribution is 5.91. The molecule has 17 heavy (non-hydrogen) atoms. The van der Waals surface area contributed by atoms with Gasteiger partial charge in [-0.1, -0.05) is 0 Å². The maximum absolute atomic E-state index is 13.1. The number of piperidine rings is 1. The third-order valence-corrected chi connectivity index (χ3v) is 3.86. The molecule has 6 heteroatoms. The monoisotopic (exact) mass is 242 g/mol. The largest absolute Gasteiger partial charge is 0.438 e. The zero-order valence-corrected chi connectivity index (χ0v) is 9.16. The lowest BCUT2D eigenvalue weighted by molar-refractivity contribution is 0.0274. The van der Waals surface area contributed by atoms with Crippen LogP contribution in [0, 0.1) is 5.41 Å². The van der Waals surface area contributed by atoms with Crippen LogP contribution in [0.4, 0.5) is 8.78 Å². The molecular formula is C11H12F2N2O2. The van der Waals surface area contributed by atoms with E-state index in [1.807, 2.05) is 0 Å². The van der Waals surface area contributed by atoms with Gasteiger partial charge in [-0.05, 0) is 12.8 Å². The number of amides is 1. The van der Waals surface area contributed by atoms with Gasteiger partial charge in [0.1, 0.15) is 0 Å². The second-order valence-electron chi connectivity index (χ2n) is 4.82. The molecule has 3 rings (SSSR count). The van der Waals surface area contributed by atoms with E-state index in [-0.39, 0.29) is 18.1 Å². The van der Waals surface area contributed by atoms with E-state index in [0.717, 1.165) is 0 Å². The summed E-state index contributed by atoms with van der Waals surface area (Å²) in [6.07, 6.45) is 3.26. The van der Waals surface area contributed by atoms with Crippen molar-refractivity contribution < 1.29 is 18.0 Å². The van der Waals surface area contributed by atoms with Crippen LogP contribution < -0.4 is 0 Å². The highest BCUT2D eigenvalue weighted by Crippen LogP contribution is 2.65. The second kappa shape index (κ2) is 3.27. The van der Waals surface area contributed by atoms with Crippen LogP contribution in [0.25, 0.3) is 0 Å². The van der Waals surface area contributed by atoms with E-state index in [4.69, 9.17) is 4.42 Å². The van der Waals surface area contributed by atoms with Crippen molar-refractivity contribution in [3.8, 4) is 0 Å². The Hall–Kier alpha value is -1.46. The molecule has 4 nitrogen and oxygen atoms in total. The zero-order valence-electron chi connectivity index (χ0n) is 9.16. The standard InChI is InChI=1S/C11H12F2N2O2/c12-11(13)6-10(11)1-3-15(4-2-10)9(16)8-5-14-7-17-8/h5,7H,1-4,6H2. The smallest absolute Gasteiger partial charge is 0.291 e. The SMILES string of the molecule is O=C(c1cnco1)N1CCC2(CC1)CC2(F)F. The minimum atomic E-state index is -2.52. The fourth-order valence-corrected chi connectivity index (χ4v) is 2.54. The van der Waals surface area contributed by atoms with E-state index in [1.54, 1.807) is 4.90 Å². The van der Waals surface area contributed by atoms with Crippen molar-refractivity contribution in [3.63, 3.8) is 0 Å². The maximum Gasteiger partial charge on any atom is 0.291 e. The number of halogens is 2. The molecule has 0 aromatic carbocycles. The van der Waals surface area contributed by atoms with Crippen molar-refractivity contribution in [2.24, 2.45) is 5.41 Å². The average Bonchev–Trinajstić information content (AvgIpc) is 2.75. The third kappa shape index (κ3) is 1.54.